The SMILES string of the molecule is CCCSc1nc2n(n1)C(c1ccccn1)C(C(=O)OC)=C(C)N2. The molecule has 126 valence electrons. The number of methoxy groups -OCH3 is 1. The van der Waals surface area contributed by atoms with Gasteiger partial charge in [-0.1, -0.05) is 24.8 Å². The average Bonchev–Trinajstić information content (AvgIpc) is 3.01. The minimum absolute atomic E-state index is 0.403. The maximum absolute atomic E-state index is 12.3. The molecule has 1 aliphatic rings. The molecule has 0 aliphatic carbocycles. The minimum Gasteiger partial charge on any atom is -0.466 e. The van der Waals surface area contributed by atoms with Gasteiger partial charge in [-0.2, -0.15) is 4.98 Å². The molecule has 0 aromatic carbocycles. The molecule has 7 nitrogen and oxygen atoms in total. The number of pyridine rings is 1. The Bertz CT molecular complexity index is 772. The van der Waals surface area contributed by atoms with Crippen molar-refractivity contribution in [3.63, 3.8) is 0 Å². The number of carbonyl (C=O) groups is 1. The number of fused-ring (bicyclic) bond motifs is 1. The van der Waals surface area contributed by atoms with Gasteiger partial charge in [-0.05, 0) is 25.5 Å². The summed E-state index contributed by atoms with van der Waals surface area (Å²) in [6.45, 7) is 3.94. The van der Waals surface area contributed by atoms with E-state index in [1.165, 1.54) is 7.11 Å². The van der Waals surface area contributed by atoms with Gasteiger partial charge >= 0.3 is 5.97 Å². The van der Waals surface area contributed by atoms with Crippen LogP contribution in [0.2, 0.25) is 0 Å². The first-order chi connectivity index (χ1) is 11.7. The van der Waals surface area contributed by atoms with E-state index in [0.29, 0.717) is 22.4 Å². The Morgan fingerprint density at radius 2 is 2.29 bits per heavy atom. The van der Waals surface area contributed by atoms with Gasteiger partial charge in [0.15, 0.2) is 0 Å². The second-order valence-electron chi connectivity index (χ2n) is 5.32. The van der Waals surface area contributed by atoms with Crippen LogP contribution in [0, 0.1) is 0 Å². The van der Waals surface area contributed by atoms with Crippen LogP contribution in [0.5, 0.6) is 0 Å². The summed E-state index contributed by atoms with van der Waals surface area (Å²) in [6, 6.07) is 5.14. The quantitative estimate of drug-likeness (QED) is 0.659. The zero-order valence-electron chi connectivity index (χ0n) is 13.8. The van der Waals surface area contributed by atoms with Crippen LogP contribution in [0.25, 0.3) is 0 Å². The highest BCUT2D eigenvalue weighted by Gasteiger charge is 2.35. The Labute approximate surface area is 144 Å². The molecule has 3 heterocycles. The van der Waals surface area contributed by atoms with E-state index in [-0.39, 0.29) is 0 Å². The number of nitrogens with one attached hydrogen (secondary N) is 1. The summed E-state index contributed by atoms with van der Waals surface area (Å²) in [5.41, 5.74) is 1.90. The lowest BCUT2D eigenvalue weighted by Crippen LogP contribution is -2.29. The molecule has 0 saturated heterocycles. The monoisotopic (exact) mass is 345 g/mol. The highest BCUT2D eigenvalue weighted by molar-refractivity contribution is 7.99. The zero-order valence-corrected chi connectivity index (χ0v) is 14.6. The smallest absolute Gasteiger partial charge is 0.338 e. The summed E-state index contributed by atoms with van der Waals surface area (Å²) in [5, 5.41) is 8.40. The summed E-state index contributed by atoms with van der Waals surface area (Å²) < 4.78 is 6.68. The number of carbonyl (C=O) groups excluding carboxylic acids is 1. The molecular weight excluding hydrogens is 326 g/mol. The Kier molecular flexibility index (Phi) is 4.84. The van der Waals surface area contributed by atoms with Crippen LogP contribution in [0.15, 0.2) is 40.8 Å². The normalized spacial score (nSPS) is 16.5. The van der Waals surface area contributed by atoms with Gasteiger partial charge in [-0.15, -0.1) is 5.10 Å². The predicted octanol–water partition coefficient (Wildman–Crippen LogP) is 2.64. The zero-order chi connectivity index (χ0) is 17.1. The third kappa shape index (κ3) is 3.01. The number of esters is 1. The van der Waals surface area contributed by atoms with Crippen molar-refractivity contribution in [3.05, 3.63) is 41.4 Å². The number of ether oxygens (including phenoxy) is 1. The average molecular weight is 345 g/mol. The molecule has 2 aromatic heterocycles. The number of allylic oxidation sites excluding steroid dienone is 1. The van der Waals surface area contributed by atoms with Crippen molar-refractivity contribution in [2.24, 2.45) is 0 Å². The third-order valence-electron chi connectivity index (χ3n) is 3.64. The van der Waals surface area contributed by atoms with Crippen LogP contribution >= 0.6 is 11.8 Å². The molecule has 3 rings (SSSR count). The van der Waals surface area contributed by atoms with E-state index in [1.807, 2.05) is 25.1 Å². The van der Waals surface area contributed by atoms with Crippen molar-refractivity contribution < 1.29 is 9.53 Å². The van der Waals surface area contributed by atoms with Crippen LogP contribution in [-0.2, 0) is 9.53 Å². The van der Waals surface area contributed by atoms with Crippen LogP contribution in [0.4, 0.5) is 5.95 Å². The predicted molar refractivity (Wildman–Crippen MR) is 91.8 cm³/mol. The van der Waals surface area contributed by atoms with Crippen LogP contribution in [0.1, 0.15) is 32.0 Å². The molecule has 0 saturated carbocycles. The fourth-order valence-electron chi connectivity index (χ4n) is 2.57. The Balaban J connectivity index is 2.09. The number of nitrogens with zero attached hydrogens (tertiary/aromatic N) is 4. The molecule has 0 spiro atoms. The number of hydrogen-bond acceptors (Lipinski definition) is 7. The molecule has 0 radical (unpaired) electrons. The molecule has 0 fully saturated rings. The number of aromatic nitrogens is 4. The maximum Gasteiger partial charge on any atom is 0.338 e. The van der Waals surface area contributed by atoms with E-state index in [4.69, 9.17) is 4.74 Å². The van der Waals surface area contributed by atoms with E-state index in [9.17, 15) is 4.79 Å². The van der Waals surface area contributed by atoms with Gasteiger partial charge in [0, 0.05) is 17.6 Å². The summed E-state index contributed by atoms with van der Waals surface area (Å²) in [4.78, 5) is 21.3. The van der Waals surface area contributed by atoms with Crippen LogP contribution < -0.4 is 5.32 Å². The van der Waals surface area contributed by atoms with Gasteiger partial charge in [0.05, 0.1) is 18.4 Å². The van der Waals surface area contributed by atoms with Crippen molar-refractivity contribution in [1.82, 2.24) is 19.7 Å². The lowest BCUT2D eigenvalue weighted by Gasteiger charge is -2.26. The fourth-order valence-corrected chi connectivity index (χ4v) is 3.25. The Hall–Kier alpha value is -2.35. The molecule has 8 heteroatoms. The first-order valence-electron chi connectivity index (χ1n) is 7.72. The summed E-state index contributed by atoms with van der Waals surface area (Å²) >= 11 is 1.59. The Morgan fingerprint density at radius 3 is 2.96 bits per heavy atom. The van der Waals surface area contributed by atoms with E-state index < -0.39 is 12.0 Å². The Morgan fingerprint density at radius 1 is 1.46 bits per heavy atom. The molecule has 1 aliphatic heterocycles. The lowest BCUT2D eigenvalue weighted by molar-refractivity contribution is -0.136. The van der Waals surface area contributed by atoms with Gasteiger partial charge < -0.3 is 10.1 Å². The van der Waals surface area contributed by atoms with Crippen LogP contribution in [0.3, 0.4) is 0 Å². The molecule has 0 bridgehead atoms. The van der Waals surface area contributed by atoms with Gasteiger partial charge in [0.2, 0.25) is 11.1 Å². The molecule has 1 N–H and O–H groups in total. The highest BCUT2D eigenvalue weighted by Crippen LogP contribution is 2.35. The molecule has 0 amide bonds. The standard InChI is InChI=1S/C16H19N5O2S/c1-4-9-24-16-19-15-18-10(2)12(14(22)23-3)13(21(15)20-16)11-7-5-6-8-17-11/h5-8,13H,4,9H2,1-3H3,(H,18,19,20). The van der Waals surface area contributed by atoms with Crippen molar-refractivity contribution in [2.45, 2.75) is 31.5 Å². The highest BCUT2D eigenvalue weighted by atomic mass is 32.2. The number of hydrogen-bond donors (Lipinski definition) is 1. The lowest BCUT2D eigenvalue weighted by atomic mass is 10.00. The topological polar surface area (TPSA) is 81.9 Å². The number of anilines is 1. The first-order valence-corrected chi connectivity index (χ1v) is 8.70. The fraction of sp³-hybridized carbons (Fsp3) is 0.375. The van der Waals surface area contributed by atoms with Gasteiger partial charge in [-0.3, -0.25) is 4.98 Å². The van der Waals surface area contributed by atoms with E-state index in [1.54, 1.807) is 22.6 Å². The largest absolute Gasteiger partial charge is 0.466 e. The summed E-state index contributed by atoms with van der Waals surface area (Å²) in [6.07, 6.45) is 2.74. The number of thioether (sulfide) groups is 1. The molecule has 1 atom stereocenters. The third-order valence-corrected chi connectivity index (χ3v) is 4.69. The van der Waals surface area contributed by atoms with Crippen molar-refractivity contribution in [1.29, 1.82) is 0 Å². The van der Waals surface area contributed by atoms with Gasteiger partial charge in [0.25, 0.3) is 0 Å². The molecule has 24 heavy (non-hydrogen) atoms. The summed E-state index contributed by atoms with van der Waals surface area (Å²) in [5.74, 6) is 1.14. The number of rotatable bonds is 5. The van der Waals surface area contributed by atoms with Gasteiger partial charge in [-0.25, -0.2) is 9.48 Å². The second kappa shape index (κ2) is 7.04. The van der Waals surface area contributed by atoms with E-state index in [0.717, 1.165) is 17.9 Å². The second-order valence-corrected chi connectivity index (χ2v) is 6.39. The van der Waals surface area contributed by atoms with Crippen molar-refractivity contribution >= 4 is 23.7 Å². The van der Waals surface area contributed by atoms with Crippen LogP contribution in [-0.4, -0.2) is 38.6 Å². The molecule has 2 aromatic rings. The first kappa shape index (κ1) is 16.5. The molecular formula is C16H19N5O2S. The van der Waals surface area contributed by atoms with E-state index in [2.05, 4.69) is 27.3 Å². The van der Waals surface area contributed by atoms with Crippen molar-refractivity contribution in [2.75, 3.05) is 18.2 Å². The minimum atomic E-state index is -0.460. The maximum atomic E-state index is 12.3. The summed E-state index contributed by atoms with van der Waals surface area (Å²) in [7, 11) is 1.37. The van der Waals surface area contributed by atoms with E-state index >= 15 is 0 Å². The van der Waals surface area contributed by atoms with Crippen molar-refractivity contribution in [3.8, 4) is 0 Å². The van der Waals surface area contributed by atoms with Gasteiger partial charge in [0.1, 0.15) is 6.04 Å². The molecule has 1 unspecified atom stereocenters.